The van der Waals surface area contributed by atoms with Crippen molar-refractivity contribution < 1.29 is 14.3 Å². The fraction of sp³-hybridized carbons (Fsp3) is 0.391. The number of amides is 2. The molecule has 2 amide bonds. The molecule has 0 aliphatic heterocycles. The van der Waals surface area contributed by atoms with Gasteiger partial charge in [0.25, 0.3) is 5.91 Å². The van der Waals surface area contributed by atoms with Crippen LogP contribution >= 0.6 is 11.6 Å². The molecule has 0 aliphatic carbocycles. The summed E-state index contributed by atoms with van der Waals surface area (Å²) in [6.45, 7) is 7.81. The van der Waals surface area contributed by atoms with Gasteiger partial charge in [-0.25, -0.2) is 0 Å². The van der Waals surface area contributed by atoms with Gasteiger partial charge in [-0.15, -0.1) is 0 Å². The lowest BCUT2D eigenvalue weighted by atomic mass is 10.1. The highest BCUT2D eigenvalue weighted by molar-refractivity contribution is 6.32. The molecular formula is C23H29ClN2O3. The number of benzene rings is 2. The van der Waals surface area contributed by atoms with E-state index in [1.54, 1.807) is 36.1 Å². The van der Waals surface area contributed by atoms with Gasteiger partial charge in [0.2, 0.25) is 5.91 Å². The number of ether oxygens (including phenoxy) is 1. The third kappa shape index (κ3) is 6.79. The Balaban J connectivity index is 2.15. The Morgan fingerprint density at radius 2 is 1.76 bits per heavy atom. The molecule has 0 saturated heterocycles. The standard InChI is InChI=1S/C23H29ClN2O3/c1-5-17(3)25-23(28)18(4)26(14-19-12-10-16(2)11-13-19)22(27)15-29-21-9-7-6-8-20(21)24/h6-13,17-18H,5,14-15H2,1-4H3,(H,25,28)/t17-,18+/m0/s1. The second-order valence-electron chi connectivity index (χ2n) is 7.22. The van der Waals surface area contributed by atoms with Crippen LogP contribution in [0.25, 0.3) is 0 Å². The summed E-state index contributed by atoms with van der Waals surface area (Å²) in [5, 5.41) is 3.39. The molecule has 0 spiro atoms. The van der Waals surface area contributed by atoms with Crippen LogP contribution in [-0.4, -0.2) is 35.4 Å². The maximum Gasteiger partial charge on any atom is 0.261 e. The third-order valence-corrected chi connectivity index (χ3v) is 5.14. The van der Waals surface area contributed by atoms with Gasteiger partial charge in [-0.1, -0.05) is 60.5 Å². The molecule has 0 fully saturated rings. The summed E-state index contributed by atoms with van der Waals surface area (Å²) >= 11 is 6.10. The number of halogens is 1. The molecular weight excluding hydrogens is 388 g/mol. The zero-order valence-corrected chi connectivity index (χ0v) is 18.2. The quantitative estimate of drug-likeness (QED) is 0.660. The second kappa shape index (κ2) is 10.9. The maximum absolute atomic E-state index is 13.0. The first-order chi connectivity index (χ1) is 13.8. The Bertz CT molecular complexity index is 823. The maximum atomic E-state index is 13.0. The van der Waals surface area contributed by atoms with Crippen molar-refractivity contribution in [3.05, 3.63) is 64.7 Å². The van der Waals surface area contributed by atoms with E-state index in [9.17, 15) is 9.59 Å². The molecule has 29 heavy (non-hydrogen) atoms. The summed E-state index contributed by atoms with van der Waals surface area (Å²) in [5.74, 6) is -0.0237. The van der Waals surface area contributed by atoms with Crippen molar-refractivity contribution in [2.75, 3.05) is 6.61 Å². The van der Waals surface area contributed by atoms with Crippen LogP contribution in [0.4, 0.5) is 0 Å². The lowest BCUT2D eigenvalue weighted by Crippen LogP contribution is -2.50. The van der Waals surface area contributed by atoms with Crippen molar-refractivity contribution in [1.82, 2.24) is 10.2 Å². The summed E-state index contributed by atoms with van der Waals surface area (Å²) in [7, 11) is 0. The van der Waals surface area contributed by atoms with Crippen LogP contribution in [0.3, 0.4) is 0 Å². The van der Waals surface area contributed by atoms with Gasteiger partial charge in [0, 0.05) is 12.6 Å². The van der Waals surface area contributed by atoms with E-state index in [1.807, 2.05) is 45.0 Å². The summed E-state index contributed by atoms with van der Waals surface area (Å²) in [4.78, 5) is 27.2. The molecule has 0 aliphatic rings. The number of nitrogens with one attached hydrogen (secondary N) is 1. The topological polar surface area (TPSA) is 58.6 Å². The Morgan fingerprint density at radius 3 is 2.38 bits per heavy atom. The fourth-order valence-electron chi connectivity index (χ4n) is 2.72. The molecule has 2 aromatic carbocycles. The lowest BCUT2D eigenvalue weighted by Gasteiger charge is -2.29. The van der Waals surface area contributed by atoms with Crippen molar-refractivity contribution in [1.29, 1.82) is 0 Å². The van der Waals surface area contributed by atoms with Gasteiger partial charge in [-0.05, 0) is 44.9 Å². The van der Waals surface area contributed by atoms with Gasteiger partial charge in [0.05, 0.1) is 5.02 Å². The number of hydrogen-bond acceptors (Lipinski definition) is 3. The van der Waals surface area contributed by atoms with E-state index >= 15 is 0 Å². The highest BCUT2D eigenvalue weighted by atomic mass is 35.5. The summed E-state index contributed by atoms with van der Waals surface area (Å²) in [6, 6.07) is 14.3. The van der Waals surface area contributed by atoms with Crippen molar-refractivity contribution in [3.8, 4) is 5.75 Å². The predicted octanol–water partition coefficient (Wildman–Crippen LogP) is 4.36. The SMILES string of the molecule is CC[C@H](C)NC(=O)[C@@H](C)N(Cc1ccc(C)cc1)C(=O)COc1ccccc1Cl. The van der Waals surface area contributed by atoms with E-state index in [0.29, 0.717) is 17.3 Å². The third-order valence-electron chi connectivity index (χ3n) is 4.83. The zero-order valence-electron chi connectivity index (χ0n) is 17.4. The van der Waals surface area contributed by atoms with Gasteiger partial charge in [-0.3, -0.25) is 9.59 Å². The molecule has 2 rings (SSSR count). The van der Waals surface area contributed by atoms with E-state index in [2.05, 4.69) is 5.32 Å². The number of rotatable bonds is 9. The Labute approximate surface area is 178 Å². The molecule has 1 N–H and O–H groups in total. The lowest BCUT2D eigenvalue weighted by molar-refractivity contribution is -0.142. The normalized spacial score (nSPS) is 12.7. The highest BCUT2D eigenvalue weighted by Gasteiger charge is 2.27. The first kappa shape index (κ1) is 22.8. The predicted molar refractivity (Wildman–Crippen MR) is 116 cm³/mol. The van der Waals surface area contributed by atoms with Crippen LogP contribution in [0.2, 0.25) is 5.02 Å². The summed E-state index contributed by atoms with van der Waals surface area (Å²) in [5.41, 5.74) is 2.08. The van der Waals surface area contributed by atoms with Crippen LogP contribution in [0.5, 0.6) is 5.75 Å². The minimum Gasteiger partial charge on any atom is -0.482 e. The molecule has 0 aromatic heterocycles. The number of para-hydroxylation sites is 1. The van der Waals surface area contributed by atoms with Crippen molar-refractivity contribution in [3.63, 3.8) is 0 Å². The van der Waals surface area contributed by atoms with Crippen molar-refractivity contribution in [2.24, 2.45) is 0 Å². The molecule has 0 bridgehead atoms. The molecule has 0 heterocycles. The Hall–Kier alpha value is -2.53. The molecule has 2 atom stereocenters. The van der Waals surface area contributed by atoms with Crippen LogP contribution in [0.1, 0.15) is 38.3 Å². The van der Waals surface area contributed by atoms with Crippen LogP contribution in [0.15, 0.2) is 48.5 Å². The first-order valence-corrected chi connectivity index (χ1v) is 10.2. The number of aryl methyl sites for hydroxylation is 1. The molecule has 0 radical (unpaired) electrons. The van der Waals surface area contributed by atoms with E-state index in [-0.39, 0.29) is 24.5 Å². The van der Waals surface area contributed by atoms with Crippen LogP contribution in [0, 0.1) is 6.92 Å². The molecule has 5 nitrogen and oxygen atoms in total. The van der Waals surface area contributed by atoms with Gasteiger partial charge < -0.3 is 15.0 Å². The summed E-state index contributed by atoms with van der Waals surface area (Å²) < 4.78 is 5.61. The van der Waals surface area contributed by atoms with E-state index in [1.165, 1.54) is 0 Å². The molecule has 0 saturated carbocycles. The molecule has 0 unspecified atom stereocenters. The molecule has 6 heteroatoms. The largest absolute Gasteiger partial charge is 0.482 e. The second-order valence-corrected chi connectivity index (χ2v) is 7.63. The average Bonchev–Trinajstić information content (AvgIpc) is 2.71. The van der Waals surface area contributed by atoms with Gasteiger partial charge >= 0.3 is 0 Å². The fourth-order valence-corrected chi connectivity index (χ4v) is 2.91. The number of carbonyl (C=O) groups is 2. The number of hydrogen-bond donors (Lipinski definition) is 1. The van der Waals surface area contributed by atoms with Crippen LogP contribution in [-0.2, 0) is 16.1 Å². The van der Waals surface area contributed by atoms with Crippen molar-refractivity contribution >= 4 is 23.4 Å². The Kier molecular flexibility index (Phi) is 8.52. The monoisotopic (exact) mass is 416 g/mol. The number of nitrogens with zero attached hydrogens (tertiary/aromatic N) is 1. The molecule has 156 valence electrons. The minimum absolute atomic E-state index is 0.0423. The smallest absolute Gasteiger partial charge is 0.261 e. The first-order valence-electron chi connectivity index (χ1n) is 9.84. The van der Waals surface area contributed by atoms with Gasteiger partial charge in [0.1, 0.15) is 11.8 Å². The van der Waals surface area contributed by atoms with E-state index < -0.39 is 6.04 Å². The zero-order chi connectivity index (χ0) is 21.4. The summed E-state index contributed by atoms with van der Waals surface area (Å²) in [6.07, 6.45) is 0.819. The van der Waals surface area contributed by atoms with Crippen molar-refractivity contribution in [2.45, 2.75) is 52.7 Å². The average molecular weight is 417 g/mol. The van der Waals surface area contributed by atoms with E-state index in [0.717, 1.165) is 17.5 Å². The number of carbonyl (C=O) groups excluding carboxylic acids is 2. The Morgan fingerprint density at radius 1 is 1.10 bits per heavy atom. The van der Waals surface area contributed by atoms with Gasteiger partial charge in [0.15, 0.2) is 6.61 Å². The van der Waals surface area contributed by atoms with Crippen LogP contribution < -0.4 is 10.1 Å². The van der Waals surface area contributed by atoms with E-state index in [4.69, 9.17) is 16.3 Å². The highest BCUT2D eigenvalue weighted by Crippen LogP contribution is 2.23. The van der Waals surface area contributed by atoms with Gasteiger partial charge in [-0.2, -0.15) is 0 Å². The minimum atomic E-state index is -0.632. The molecule has 2 aromatic rings.